The van der Waals surface area contributed by atoms with Crippen LogP contribution in [0.25, 0.3) is 11.3 Å². The van der Waals surface area contributed by atoms with Crippen LogP contribution in [0.1, 0.15) is 11.3 Å². The number of aryl methyl sites for hydroxylation is 1. The Balaban J connectivity index is 2.44. The van der Waals surface area contributed by atoms with E-state index in [1.807, 2.05) is 37.3 Å². The molecular weight excluding hydrogens is 176 g/mol. The van der Waals surface area contributed by atoms with Crippen molar-refractivity contribution in [1.82, 2.24) is 0 Å². The van der Waals surface area contributed by atoms with Crippen molar-refractivity contribution in [2.45, 2.75) is 13.5 Å². The summed E-state index contributed by atoms with van der Waals surface area (Å²) in [5, 5.41) is 8.87. The minimum Gasteiger partial charge on any atom is -0.459 e. The number of aliphatic hydroxyl groups is 1. The number of rotatable bonds is 2. The van der Waals surface area contributed by atoms with Gasteiger partial charge in [0.25, 0.3) is 0 Å². The monoisotopic (exact) mass is 188 g/mol. The summed E-state index contributed by atoms with van der Waals surface area (Å²) in [7, 11) is 0. The summed E-state index contributed by atoms with van der Waals surface area (Å²) in [4.78, 5) is 0. The Morgan fingerprint density at radius 1 is 1.14 bits per heavy atom. The van der Waals surface area contributed by atoms with Crippen LogP contribution < -0.4 is 0 Å². The summed E-state index contributed by atoms with van der Waals surface area (Å²) >= 11 is 0. The minimum absolute atomic E-state index is 0.0497. The molecule has 2 rings (SSSR count). The molecule has 2 heteroatoms. The normalized spacial score (nSPS) is 10.4. The van der Waals surface area contributed by atoms with Crippen molar-refractivity contribution in [3.8, 4) is 11.3 Å². The van der Waals surface area contributed by atoms with Crippen LogP contribution in [-0.4, -0.2) is 5.11 Å². The zero-order valence-electron chi connectivity index (χ0n) is 8.03. The first-order valence-corrected chi connectivity index (χ1v) is 4.57. The summed E-state index contributed by atoms with van der Waals surface area (Å²) in [5.41, 5.74) is 2.25. The second-order valence-electron chi connectivity index (χ2n) is 3.24. The van der Waals surface area contributed by atoms with Crippen molar-refractivity contribution < 1.29 is 9.52 Å². The summed E-state index contributed by atoms with van der Waals surface area (Å²) in [6, 6.07) is 11.7. The molecule has 0 aliphatic carbocycles. The van der Waals surface area contributed by atoms with Crippen LogP contribution in [0.5, 0.6) is 0 Å². The van der Waals surface area contributed by atoms with Gasteiger partial charge >= 0.3 is 0 Å². The lowest BCUT2D eigenvalue weighted by Crippen LogP contribution is -1.79. The first-order chi connectivity index (χ1) is 6.81. The Labute approximate surface area is 82.8 Å². The van der Waals surface area contributed by atoms with Crippen molar-refractivity contribution in [2.24, 2.45) is 0 Å². The van der Waals surface area contributed by atoms with E-state index in [2.05, 4.69) is 0 Å². The predicted molar refractivity (Wildman–Crippen MR) is 54.8 cm³/mol. The Morgan fingerprint density at radius 3 is 2.57 bits per heavy atom. The molecular formula is C12H12O2. The first-order valence-electron chi connectivity index (χ1n) is 4.57. The van der Waals surface area contributed by atoms with Crippen LogP contribution in [-0.2, 0) is 6.61 Å². The van der Waals surface area contributed by atoms with Crippen molar-refractivity contribution in [3.63, 3.8) is 0 Å². The molecule has 72 valence electrons. The first kappa shape index (κ1) is 9.03. The average Bonchev–Trinajstić information content (AvgIpc) is 2.67. The fourth-order valence-electron chi connectivity index (χ4n) is 1.46. The summed E-state index contributed by atoms with van der Waals surface area (Å²) < 4.78 is 5.45. The van der Waals surface area contributed by atoms with E-state index in [9.17, 15) is 0 Å². The van der Waals surface area contributed by atoms with E-state index in [0.717, 1.165) is 11.3 Å². The molecule has 1 heterocycles. The van der Waals surface area contributed by atoms with E-state index in [1.165, 1.54) is 5.56 Å². The highest BCUT2D eigenvalue weighted by Crippen LogP contribution is 2.24. The number of aliphatic hydroxyl groups excluding tert-OH is 1. The zero-order valence-corrected chi connectivity index (χ0v) is 8.03. The second kappa shape index (κ2) is 3.68. The molecule has 0 saturated carbocycles. The molecule has 0 saturated heterocycles. The van der Waals surface area contributed by atoms with Gasteiger partial charge in [-0.1, -0.05) is 24.3 Å². The van der Waals surface area contributed by atoms with Crippen LogP contribution in [0.15, 0.2) is 40.8 Å². The summed E-state index contributed by atoms with van der Waals surface area (Å²) in [6.07, 6.45) is 0. The molecule has 0 bridgehead atoms. The van der Waals surface area contributed by atoms with E-state index in [4.69, 9.17) is 9.52 Å². The Kier molecular flexibility index (Phi) is 2.37. The second-order valence-corrected chi connectivity index (χ2v) is 3.24. The largest absolute Gasteiger partial charge is 0.459 e. The van der Waals surface area contributed by atoms with Gasteiger partial charge in [-0.2, -0.15) is 0 Å². The van der Waals surface area contributed by atoms with Gasteiger partial charge in [-0.25, -0.2) is 0 Å². The number of hydrogen-bond donors (Lipinski definition) is 1. The van der Waals surface area contributed by atoms with E-state index < -0.39 is 0 Å². The molecule has 0 aliphatic heterocycles. The third-order valence-corrected chi connectivity index (χ3v) is 2.23. The molecule has 0 amide bonds. The van der Waals surface area contributed by atoms with Crippen LogP contribution in [0.3, 0.4) is 0 Å². The van der Waals surface area contributed by atoms with E-state index in [0.29, 0.717) is 5.76 Å². The SMILES string of the molecule is Cc1ccccc1-c1ccc(CO)o1. The van der Waals surface area contributed by atoms with E-state index >= 15 is 0 Å². The Bertz CT molecular complexity index is 429. The molecule has 0 aliphatic rings. The van der Waals surface area contributed by atoms with Crippen molar-refractivity contribution in [3.05, 3.63) is 47.7 Å². The van der Waals surface area contributed by atoms with E-state index in [-0.39, 0.29) is 6.61 Å². The number of hydrogen-bond acceptors (Lipinski definition) is 2. The molecule has 0 fully saturated rings. The third-order valence-electron chi connectivity index (χ3n) is 2.23. The van der Waals surface area contributed by atoms with Gasteiger partial charge in [-0.3, -0.25) is 0 Å². The van der Waals surface area contributed by atoms with Crippen molar-refractivity contribution in [2.75, 3.05) is 0 Å². The summed E-state index contributed by atoms with van der Waals surface area (Å²) in [5.74, 6) is 1.41. The molecule has 2 aromatic rings. The molecule has 14 heavy (non-hydrogen) atoms. The minimum atomic E-state index is -0.0497. The van der Waals surface area contributed by atoms with Crippen molar-refractivity contribution >= 4 is 0 Å². The fourth-order valence-corrected chi connectivity index (χ4v) is 1.46. The average molecular weight is 188 g/mol. The van der Waals surface area contributed by atoms with Gasteiger partial charge in [0.2, 0.25) is 0 Å². The molecule has 0 spiro atoms. The fraction of sp³-hybridized carbons (Fsp3) is 0.167. The van der Waals surface area contributed by atoms with E-state index in [1.54, 1.807) is 6.07 Å². The van der Waals surface area contributed by atoms with Gasteiger partial charge in [0.05, 0.1) is 0 Å². The molecule has 1 N–H and O–H groups in total. The van der Waals surface area contributed by atoms with Crippen molar-refractivity contribution in [1.29, 1.82) is 0 Å². The van der Waals surface area contributed by atoms with Crippen LogP contribution in [0.2, 0.25) is 0 Å². The zero-order chi connectivity index (χ0) is 9.97. The molecule has 1 aromatic carbocycles. The van der Waals surface area contributed by atoms with Gasteiger partial charge in [0, 0.05) is 5.56 Å². The van der Waals surface area contributed by atoms with Gasteiger partial charge in [-0.15, -0.1) is 0 Å². The number of benzene rings is 1. The van der Waals surface area contributed by atoms with Gasteiger partial charge < -0.3 is 9.52 Å². The molecule has 0 unspecified atom stereocenters. The topological polar surface area (TPSA) is 33.4 Å². The predicted octanol–water partition coefficient (Wildman–Crippen LogP) is 2.75. The van der Waals surface area contributed by atoms with Gasteiger partial charge in [0.1, 0.15) is 18.1 Å². The lowest BCUT2D eigenvalue weighted by atomic mass is 10.1. The van der Waals surface area contributed by atoms with Crippen LogP contribution >= 0.6 is 0 Å². The molecule has 1 aromatic heterocycles. The maximum atomic E-state index is 8.87. The van der Waals surface area contributed by atoms with Gasteiger partial charge in [-0.05, 0) is 24.6 Å². The lowest BCUT2D eigenvalue weighted by Gasteiger charge is -2.00. The van der Waals surface area contributed by atoms with Crippen LogP contribution in [0, 0.1) is 6.92 Å². The standard InChI is InChI=1S/C12H12O2/c1-9-4-2-3-5-11(9)12-7-6-10(8-13)14-12/h2-7,13H,8H2,1H3. The highest BCUT2D eigenvalue weighted by atomic mass is 16.4. The Hall–Kier alpha value is -1.54. The van der Waals surface area contributed by atoms with Gasteiger partial charge in [0.15, 0.2) is 0 Å². The quantitative estimate of drug-likeness (QED) is 0.786. The smallest absolute Gasteiger partial charge is 0.134 e. The molecule has 0 radical (unpaired) electrons. The maximum Gasteiger partial charge on any atom is 0.134 e. The third kappa shape index (κ3) is 1.56. The molecule has 0 atom stereocenters. The summed E-state index contributed by atoms with van der Waals surface area (Å²) in [6.45, 7) is 1.99. The lowest BCUT2D eigenvalue weighted by molar-refractivity contribution is 0.248. The molecule has 2 nitrogen and oxygen atoms in total. The Morgan fingerprint density at radius 2 is 1.93 bits per heavy atom. The van der Waals surface area contributed by atoms with Crippen LogP contribution in [0.4, 0.5) is 0 Å². The number of furan rings is 1. The highest BCUT2D eigenvalue weighted by molar-refractivity contribution is 5.61. The maximum absolute atomic E-state index is 8.87. The highest BCUT2D eigenvalue weighted by Gasteiger charge is 2.05.